The summed E-state index contributed by atoms with van der Waals surface area (Å²) in [5.41, 5.74) is 2.34. The lowest BCUT2D eigenvalue weighted by Crippen LogP contribution is -2.24. The average Bonchev–Trinajstić information content (AvgIpc) is 3.28. The maximum atomic E-state index is 13.1. The first-order valence-electron chi connectivity index (χ1n) is 11.2. The average molecular weight is 484 g/mol. The van der Waals surface area contributed by atoms with Crippen LogP contribution in [0.2, 0.25) is 0 Å². The third-order valence-electron chi connectivity index (χ3n) is 6.42. The van der Waals surface area contributed by atoms with E-state index >= 15 is 0 Å². The molecular formula is C24H23F3N6O2. The van der Waals surface area contributed by atoms with E-state index in [1.807, 2.05) is 13.2 Å². The number of hydrogen-bond acceptors (Lipinski definition) is 6. The van der Waals surface area contributed by atoms with Crippen LogP contribution in [0.1, 0.15) is 53.1 Å². The molecule has 11 heteroatoms. The van der Waals surface area contributed by atoms with Crippen LogP contribution in [-0.2, 0) is 18.0 Å². The number of alkyl halides is 3. The number of halogens is 3. The summed E-state index contributed by atoms with van der Waals surface area (Å²) < 4.78 is 48.3. The predicted octanol–water partition coefficient (Wildman–Crippen LogP) is 4.16. The van der Waals surface area contributed by atoms with Gasteiger partial charge in [-0.25, -0.2) is 9.97 Å². The summed E-state index contributed by atoms with van der Waals surface area (Å²) in [4.78, 5) is 26.1. The molecule has 182 valence electrons. The minimum Gasteiger partial charge on any atom is -0.373 e. The van der Waals surface area contributed by atoms with Gasteiger partial charge in [-0.05, 0) is 38.8 Å². The van der Waals surface area contributed by atoms with E-state index in [1.54, 1.807) is 30.9 Å². The van der Waals surface area contributed by atoms with Crippen LogP contribution in [0, 0.1) is 13.8 Å². The Kier molecular flexibility index (Phi) is 5.66. The van der Waals surface area contributed by atoms with E-state index in [9.17, 15) is 18.0 Å². The van der Waals surface area contributed by atoms with E-state index in [-0.39, 0.29) is 23.2 Å². The maximum absolute atomic E-state index is 13.1. The van der Waals surface area contributed by atoms with Crippen LogP contribution in [0.3, 0.4) is 0 Å². The third kappa shape index (κ3) is 4.31. The van der Waals surface area contributed by atoms with Gasteiger partial charge in [0.05, 0.1) is 18.0 Å². The molecule has 0 unspecified atom stereocenters. The van der Waals surface area contributed by atoms with Crippen LogP contribution in [-0.4, -0.2) is 35.7 Å². The summed E-state index contributed by atoms with van der Waals surface area (Å²) in [5, 5.41) is 4.22. The van der Waals surface area contributed by atoms with Crippen molar-refractivity contribution in [3.8, 4) is 11.3 Å². The van der Waals surface area contributed by atoms with Crippen molar-refractivity contribution < 1.29 is 17.9 Å². The molecule has 8 nitrogen and oxygen atoms in total. The molecule has 5 heterocycles. The minimum absolute atomic E-state index is 0.0342. The highest BCUT2D eigenvalue weighted by atomic mass is 19.4. The zero-order valence-electron chi connectivity index (χ0n) is 19.4. The van der Waals surface area contributed by atoms with Crippen molar-refractivity contribution in [1.29, 1.82) is 0 Å². The SMILES string of the molecule is Cc1nc2c(-c3ccc(C(F)(F)F)nc3)nc([C@H]3CCO[C@@H](c4cnn(C)c4)C3)cn2c(=O)c1C. The number of ether oxygens (including phenoxy) is 1. The van der Waals surface area contributed by atoms with Gasteiger partial charge in [0, 0.05) is 60.5 Å². The second-order valence-corrected chi connectivity index (χ2v) is 8.79. The van der Waals surface area contributed by atoms with Crippen LogP contribution >= 0.6 is 0 Å². The van der Waals surface area contributed by atoms with E-state index in [0.29, 0.717) is 47.7 Å². The molecule has 0 radical (unpaired) electrons. The summed E-state index contributed by atoms with van der Waals surface area (Å²) in [6.45, 7) is 3.92. The Morgan fingerprint density at radius 3 is 2.57 bits per heavy atom. The van der Waals surface area contributed by atoms with E-state index in [1.165, 1.54) is 10.5 Å². The molecule has 0 saturated carbocycles. The smallest absolute Gasteiger partial charge is 0.373 e. The Morgan fingerprint density at radius 2 is 1.91 bits per heavy atom. The second kappa shape index (κ2) is 8.56. The zero-order chi connectivity index (χ0) is 24.9. The lowest BCUT2D eigenvalue weighted by molar-refractivity contribution is -0.141. The van der Waals surface area contributed by atoms with E-state index in [2.05, 4.69) is 15.1 Å². The van der Waals surface area contributed by atoms with Crippen LogP contribution in [0.25, 0.3) is 16.9 Å². The van der Waals surface area contributed by atoms with Gasteiger partial charge in [-0.1, -0.05) is 0 Å². The second-order valence-electron chi connectivity index (χ2n) is 8.79. The van der Waals surface area contributed by atoms with Crippen molar-refractivity contribution in [3.63, 3.8) is 0 Å². The number of pyridine rings is 1. The minimum atomic E-state index is -4.55. The van der Waals surface area contributed by atoms with Gasteiger partial charge >= 0.3 is 6.18 Å². The molecule has 0 spiro atoms. The normalized spacial score (nSPS) is 18.8. The van der Waals surface area contributed by atoms with Gasteiger partial charge in [-0.2, -0.15) is 18.3 Å². The fourth-order valence-electron chi connectivity index (χ4n) is 4.35. The molecule has 0 amide bonds. The first-order chi connectivity index (χ1) is 16.6. The Bertz CT molecular complexity index is 1460. The third-order valence-corrected chi connectivity index (χ3v) is 6.42. The molecule has 4 aromatic rings. The van der Waals surface area contributed by atoms with E-state index in [4.69, 9.17) is 9.72 Å². The van der Waals surface area contributed by atoms with Gasteiger partial charge in [0.1, 0.15) is 11.4 Å². The van der Waals surface area contributed by atoms with Crippen molar-refractivity contribution in [2.24, 2.45) is 7.05 Å². The Labute approximate surface area is 198 Å². The quantitative estimate of drug-likeness (QED) is 0.434. The highest BCUT2D eigenvalue weighted by molar-refractivity contribution is 5.73. The molecule has 1 fully saturated rings. The number of aromatic nitrogens is 6. The van der Waals surface area contributed by atoms with Crippen molar-refractivity contribution >= 4 is 5.65 Å². The highest BCUT2D eigenvalue weighted by Gasteiger charge is 2.32. The predicted molar refractivity (Wildman–Crippen MR) is 121 cm³/mol. The number of nitrogens with zero attached hydrogens (tertiary/aromatic N) is 6. The number of aryl methyl sites for hydroxylation is 2. The van der Waals surface area contributed by atoms with Crippen molar-refractivity contribution in [2.75, 3.05) is 6.61 Å². The van der Waals surface area contributed by atoms with Gasteiger partial charge in [-0.15, -0.1) is 0 Å². The van der Waals surface area contributed by atoms with Gasteiger partial charge in [0.15, 0.2) is 5.65 Å². The van der Waals surface area contributed by atoms with Crippen molar-refractivity contribution in [3.05, 3.63) is 75.5 Å². The van der Waals surface area contributed by atoms with Crippen molar-refractivity contribution in [2.45, 2.75) is 44.9 Å². The molecule has 2 atom stereocenters. The highest BCUT2D eigenvalue weighted by Crippen LogP contribution is 2.38. The zero-order valence-corrected chi connectivity index (χ0v) is 19.4. The molecule has 1 aliphatic rings. The summed E-state index contributed by atoms with van der Waals surface area (Å²) in [7, 11) is 1.84. The molecule has 5 rings (SSSR count). The Hall–Kier alpha value is -3.60. The molecule has 35 heavy (non-hydrogen) atoms. The van der Waals surface area contributed by atoms with Crippen LogP contribution in [0.4, 0.5) is 13.2 Å². The monoisotopic (exact) mass is 484 g/mol. The molecule has 0 aliphatic carbocycles. The fraction of sp³-hybridized carbons (Fsp3) is 0.375. The van der Waals surface area contributed by atoms with E-state index < -0.39 is 11.9 Å². The van der Waals surface area contributed by atoms with Crippen LogP contribution < -0.4 is 5.56 Å². The van der Waals surface area contributed by atoms with E-state index in [0.717, 1.165) is 17.8 Å². The first kappa shape index (κ1) is 23.2. The number of rotatable bonds is 3. The molecule has 1 aliphatic heterocycles. The summed E-state index contributed by atoms with van der Waals surface area (Å²) >= 11 is 0. The number of hydrogen-bond donors (Lipinski definition) is 0. The molecular weight excluding hydrogens is 461 g/mol. The molecule has 0 bridgehead atoms. The summed E-state index contributed by atoms with van der Waals surface area (Å²) in [6, 6.07) is 2.22. The van der Waals surface area contributed by atoms with Gasteiger partial charge in [-0.3, -0.25) is 18.9 Å². The number of fused-ring (bicyclic) bond motifs is 1. The molecule has 0 aromatic carbocycles. The first-order valence-corrected chi connectivity index (χ1v) is 11.2. The maximum Gasteiger partial charge on any atom is 0.433 e. The van der Waals surface area contributed by atoms with Gasteiger partial charge in [0.2, 0.25) is 0 Å². The summed E-state index contributed by atoms with van der Waals surface area (Å²) in [5.74, 6) is -0.0342. The topological polar surface area (TPSA) is 87.2 Å². The van der Waals surface area contributed by atoms with Gasteiger partial charge < -0.3 is 4.74 Å². The van der Waals surface area contributed by atoms with Crippen LogP contribution in [0.5, 0.6) is 0 Å². The van der Waals surface area contributed by atoms with Crippen molar-refractivity contribution in [1.82, 2.24) is 29.1 Å². The lowest BCUT2D eigenvalue weighted by Gasteiger charge is -2.29. The standard InChI is InChI=1S/C24H23F3N6O2/c1-13-14(2)30-22-21(16-4-5-20(28-9-16)24(25,26)27)31-18(12-33(22)23(13)34)15-6-7-35-19(8-15)17-10-29-32(3)11-17/h4-5,9-12,15,19H,6-8H2,1-3H3/t15-,19+/m0/s1. The fourth-order valence-corrected chi connectivity index (χ4v) is 4.35. The molecule has 1 saturated heterocycles. The Balaban J connectivity index is 1.63. The Morgan fingerprint density at radius 1 is 1.11 bits per heavy atom. The largest absolute Gasteiger partial charge is 0.433 e. The molecule has 4 aromatic heterocycles. The lowest BCUT2D eigenvalue weighted by atomic mass is 9.90. The van der Waals surface area contributed by atoms with Gasteiger partial charge in [0.25, 0.3) is 5.56 Å². The molecule has 0 N–H and O–H groups in total. The summed E-state index contributed by atoms with van der Waals surface area (Å²) in [6.07, 6.45) is 3.07. The van der Waals surface area contributed by atoms with Crippen LogP contribution in [0.15, 0.2) is 41.7 Å².